The number of rotatable bonds is 7. The Labute approximate surface area is 124 Å². The minimum atomic E-state index is 0.635. The number of thioether (sulfide) groups is 1. The molecular formula is C13H24N6S. The Morgan fingerprint density at radius 3 is 2.70 bits per heavy atom. The Hall–Kier alpha value is -1.05. The molecule has 6 nitrogen and oxygen atoms in total. The summed E-state index contributed by atoms with van der Waals surface area (Å²) >= 11 is 1.50. The van der Waals surface area contributed by atoms with Gasteiger partial charge in [0.15, 0.2) is 5.16 Å². The molecule has 112 valence electrons. The van der Waals surface area contributed by atoms with Gasteiger partial charge in [0.25, 0.3) is 0 Å². The first-order valence-corrected chi connectivity index (χ1v) is 8.29. The average Bonchev–Trinajstić information content (AvgIpc) is 3.01. The topological polar surface area (TPSA) is 79.1 Å². The summed E-state index contributed by atoms with van der Waals surface area (Å²) in [5.41, 5.74) is 2.57. The fourth-order valence-electron chi connectivity index (χ4n) is 2.57. The molecule has 1 fully saturated rings. The number of nitrogens with one attached hydrogen (secondary N) is 2. The summed E-state index contributed by atoms with van der Waals surface area (Å²) in [5.74, 6) is 6.87. The minimum Gasteiger partial charge on any atom is -0.369 e. The molecule has 0 bridgehead atoms. The Bertz CT molecular complexity index is 399. The van der Waals surface area contributed by atoms with Gasteiger partial charge in [-0.25, -0.2) is 15.8 Å². The summed E-state index contributed by atoms with van der Waals surface area (Å²) in [7, 11) is 2.21. The standard InChI is InChI=1S/C13H24N6S/c1-19(10-5-3-4-6-10)8-7-15-11-9-12(18-14)17-13(16-11)20-2/h9-10H,3-8,14H2,1-2H3,(H2,15,16,17,18). The van der Waals surface area contributed by atoms with Gasteiger partial charge in [-0.05, 0) is 26.1 Å². The van der Waals surface area contributed by atoms with Gasteiger partial charge < -0.3 is 15.6 Å². The van der Waals surface area contributed by atoms with Crippen LogP contribution in [0.2, 0.25) is 0 Å². The van der Waals surface area contributed by atoms with Crippen molar-refractivity contribution in [3.63, 3.8) is 0 Å². The van der Waals surface area contributed by atoms with Gasteiger partial charge >= 0.3 is 0 Å². The van der Waals surface area contributed by atoms with Crippen LogP contribution in [0.1, 0.15) is 25.7 Å². The number of nitrogen functional groups attached to an aromatic ring is 1. The van der Waals surface area contributed by atoms with E-state index in [0.29, 0.717) is 11.0 Å². The van der Waals surface area contributed by atoms with E-state index < -0.39 is 0 Å². The zero-order valence-electron chi connectivity index (χ0n) is 12.2. The molecule has 2 rings (SSSR count). The summed E-state index contributed by atoms with van der Waals surface area (Å²) < 4.78 is 0. The van der Waals surface area contributed by atoms with Crippen LogP contribution in [0, 0.1) is 0 Å². The highest BCUT2D eigenvalue weighted by Crippen LogP contribution is 2.22. The number of anilines is 2. The summed E-state index contributed by atoms with van der Waals surface area (Å²) in [4.78, 5) is 11.1. The molecule has 4 N–H and O–H groups in total. The van der Waals surface area contributed by atoms with E-state index in [0.717, 1.165) is 24.9 Å². The smallest absolute Gasteiger partial charge is 0.191 e. The molecule has 1 aliphatic carbocycles. The lowest BCUT2D eigenvalue weighted by molar-refractivity contribution is 0.254. The highest BCUT2D eigenvalue weighted by molar-refractivity contribution is 7.98. The monoisotopic (exact) mass is 296 g/mol. The van der Waals surface area contributed by atoms with Crippen LogP contribution >= 0.6 is 11.8 Å². The molecule has 1 aromatic heterocycles. The molecule has 0 spiro atoms. The van der Waals surface area contributed by atoms with E-state index in [1.54, 1.807) is 0 Å². The predicted octanol–water partition coefficient (Wildman–Crippen LogP) is 1.77. The van der Waals surface area contributed by atoms with Gasteiger partial charge in [-0.2, -0.15) is 0 Å². The van der Waals surface area contributed by atoms with Crippen molar-refractivity contribution in [2.45, 2.75) is 36.9 Å². The third-order valence-electron chi connectivity index (χ3n) is 3.75. The Balaban J connectivity index is 1.83. The molecule has 1 saturated carbocycles. The largest absolute Gasteiger partial charge is 0.369 e. The number of hydrogen-bond acceptors (Lipinski definition) is 7. The third kappa shape index (κ3) is 4.22. The van der Waals surface area contributed by atoms with Crippen LogP contribution in [0.3, 0.4) is 0 Å². The third-order valence-corrected chi connectivity index (χ3v) is 4.30. The van der Waals surface area contributed by atoms with E-state index >= 15 is 0 Å². The van der Waals surface area contributed by atoms with Crippen molar-refractivity contribution in [3.05, 3.63) is 6.07 Å². The van der Waals surface area contributed by atoms with Crippen molar-refractivity contribution in [2.24, 2.45) is 5.84 Å². The highest BCUT2D eigenvalue weighted by Gasteiger charge is 2.18. The Kier molecular flexibility index (Phi) is 5.87. The fourth-order valence-corrected chi connectivity index (χ4v) is 2.95. The van der Waals surface area contributed by atoms with E-state index in [1.165, 1.54) is 37.4 Å². The molecule has 0 aliphatic heterocycles. The molecule has 0 radical (unpaired) electrons. The van der Waals surface area contributed by atoms with Gasteiger partial charge in [0.2, 0.25) is 0 Å². The summed E-state index contributed by atoms with van der Waals surface area (Å²) in [6.45, 7) is 1.90. The first-order chi connectivity index (χ1) is 9.72. The zero-order chi connectivity index (χ0) is 14.4. The molecule has 0 amide bonds. The normalized spacial score (nSPS) is 15.8. The number of hydrazine groups is 1. The van der Waals surface area contributed by atoms with Crippen LogP contribution in [-0.2, 0) is 0 Å². The maximum absolute atomic E-state index is 5.42. The second-order valence-corrected chi connectivity index (χ2v) is 5.89. The molecule has 0 saturated heterocycles. The molecule has 20 heavy (non-hydrogen) atoms. The van der Waals surface area contributed by atoms with Gasteiger partial charge in [-0.15, -0.1) is 0 Å². The average molecular weight is 296 g/mol. The van der Waals surface area contributed by atoms with Gasteiger partial charge in [0.1, 0.15) is 11.6 Å². The molecule has 1 aliphatic rings. The quantitative estimate of drug-likeness (QED) is 0.306. The molecule has 0 atom stereocenters. The SMILES string of the molecule is CSc1nc(NN)cc(NCCN(C)C2CCCC2)n1. The van der Waals surface area contributed by atoms with Crippen LogP contribution in [0.15, 0.2) is 11.2 Å². The summed E-state index contributed by atoms with van der Waals surface area (Å²) in [6.07, 6.45) is 7.37. The first kappa shape index (κ1) is 15.3. The lowest BCUT2D eigenvalue weighted by atomic mass is 10.2. The summed E-state index contributed by atoms with van der Waals surface area (Å²) in [5, 5.41) is 4.06. The van der Waals surface area contributed by atoms with E-state index in [9.17, 15) is 0 Å². The number of likely N-dealkylation sites (N-methyl/N-ethyl adjacent to an activating group) is 1. The Morgan fingerprint density at radius 1 is 1.35 bits per heavy atom. The van der Waals surface area contributed by atoms with E-state index in [4.69, 9.17) is 5.84 Å². The minimum absolute atomic E-state index is 0.635. The van der Waals surface area contributed by atoms with Crippen LogP contribution in [-0.4, -0.2) is 47.3 Å². The highest BCUT2D eigenvalue weighted by atomic mass is 32.2. The number of nitrogens with zero attached hydrogens (tertiary/aromatic N) is 3. The van der Waals surface area contributed by atoms with Gasteiger partial charge in [-0.1, -0.05) is 24.6 Å². The van der Waals surface area contributed by atoms with Crippen LogP contribution in [0.25, 0.3) is 0 Å². The van der Waals surface area contributed by atoms with Crippen LogP contribution in [0.5, 0.6) is 0 Å². The molecule has 0 unspecified atom stereocenters. The van der Waals surface area contributed by atoms with Crippen molar-refractivity contribution in [1.29, 1.82) is 0 Å². The molecule has 0 aromatic carbocycles. The van der Waals surface area contributed by atoms with Crippen LogP contribution < -0.4 is 16.6 Å². The lowest BCUT2D eigenvalue weighted by Gasteiger charge is -2.24. The molecule has 7 heteroatoms. The van der Waals surface area contributed by atoms with Gasteiger partial charge in [-0.3, -0.25) is 0 Å². The number of nitrogens with two attached hydrogens (primary N) is 1. The van der Waals surface area contributed by atoms with Crippen molar-refractivity contribution in [3.8, 4) is 0 Å². The van der Waals surface area contributed by atoms with Crippen molar-refractivity contribution >= 4 is 23.4 Å². The lowest BCUT2D eigenvalue weighted by Crippen LogP contribution is -2.33. The maximum Gasteiger partial charge on any atom is 0.191 e. The van der Waals surface area contributed by atoms with Crippen molar-refractivity contribution < 1.29 is 0 Å². The van der Waals surface area contributed by atoms with E-state index in [-0.39, 0.29) is 0 Å². The van der Waals surface area contributed by atoms with Crippen molar-refractivity contribution in [2.75, 3.05) is 37.1 Å². The second kappa shape index (κ2) is 7.66. The van der Waals surface area contributed by atoms with E-state index in [1.807, 2.05) is 12.3 Å². The predicted molar refractivity (Wildman–Crippen MR) is 85.0 cm³/mol. The van der Waals surface area contributed by atoms with E-state index in [2.05, 4.69) is 32.7 Å². The molecule has 1 aromatic rings. The number of aromatic nitrogens is 2. The molecule has 1 heterocycles. The second-order valence-electron chi connectivity index (χ2n) is 5.12. The van der Waals surface area contributed by atoms with Crippen molar-refractivity contribution in [1.82, 2.24) is 14.9 Å². The molecular weight excluding hydrogens is 272 g/mol. The van der Waals surface area contributed by atoms with Gasteiger partial charge in [0, 0.05) is 25.2 Å². The zero-order valence-corrected chi connectivity index (χ0v) is 13.0. The summed E-state index contributed by atoms with van der Waals surface area (Å²) in [6, 6.07) is 2.58. The van der Waals surface area contributed by atoms with Gasteiger partial charge in [0.05, 0.1) is 0 Å². The first-order valence-electron chi connectivity index (χ1n) is 7.06. The number of hydrogen-bond donors (Lipinski definition) is 3. The fraction of sp³-hybridized carbons (Fsp3) is 0.692. The van der Waals surface area contributed by atoms with Crippen LogP contribution in [0.4, 0.5) is 11.6 Å². The maximum atomic E-state index is 5.42. The Morgan fingerprint density at radius 2 is 2.05 bits per heavy atom.